The highest BCUT2D eigenvalue weighted by Crippen LogP contribution is 2.39. The number of aromatic nitrogens is 1. The lowest BCUT2D eigenvalue weighted by Crippen LogP contribution is -2.52. The molecule has 2 aliphatic rings. The molecule has 2 amide bonds. The molecule has 7 heteroatoms. The van der Waals surface area contributed by atoms with Gasteiger partial charge in [-0.3, -0.25) is 0 Å². The molecule has 2 aromatic rings. The number of para-hydroxylation sites is 1. The second-order valence-corrected chi connectivity index (χ2v) is 8.30. The van der Waals surface area contributed by atoms with Crippen LogP contribution in [0.15, 0.2) is 30.5 Å². The highest BCUT2D eigenvalue weighted by molar-refractivity contribution is 5.97. The van der Waals surface area contributed by atoms with Gasteiger partial charge in [0.2, 0.25) is 0 Å². The SMILES string of the molecule is CN1CCN(C(=O)N2C=Cc3c(c4ccccc4n3C(=O)O)C(C)(C)C2)CC1. The second-order valence-electron chi connectivity index (χ2n) is 8.30. The maximum absolute atomic E-state index is 13.1. The van der Waals surface area contributed by atoms with Crippen molar-refractivity contribution < 1.29 is 14.7 Å². The predicted molar refractivity (Wildman–Crippen MR) is 109 cm³/mol. The van der Waals surface area contributed by atoms with Crippen LogP contribution in [0.4, 0.5) is 9.59 Å². The van der Waals surface area contributed by atoms with Crippen molar-refractivity contribution in [2.45, 2.75) is 19.3 Å². The molecule has 0 atom stereocenters. The van der Waals surface area contributed by atoms with E-state index in [-0.39, 0.29) is 6.03 Å². The molecule has 4 rings (SSSR count). The molecule has 0 spiro atoms. The lowest BCUT2D eigenvalue weighted by Gasteiger charge is -2.37. The van der Waals surface area contributed by atoms with Gasteiger partial charge in [-0.15, -0.1) is 0 Å². The van der Waals surface area contributed by atoms with E-state index in [1.807, 2.05) is 29.2 Å². The Bertz CT molecular complexity index is 967. The molecule has 148 valence electrons. The third-order valence-corrected chi connectivity index (χ3v) is 5.78. The number of piperazine rings is 1. The Morgan fingerprint density at radius 1 is 1.07 bits per heavy atom. The van der Waals surface area contributed by atoms with E-state index in [4.69, 9.17) is 0 Å². The minimum atomic E-state index is -1.02. The van der Waals surface area contributed by atoms with Crippen molar-refractivity contribution >= 4 is 29.1 Å². The molecule has 0 saturated carbocycles. The summed E-state index contributed by atoms with van der Waals surface area (Å²) >= 11 is 0. The number of nitrogens with zero attached hydrogens (tertiary/aromatic N) is 4. The van der Waals surface area contributed by atoms with Crippen LogP contribution in [0.2, 0.25) is 0 Å². The third-order valence-electron chi connectivity index (χ3n) is 5.78. The number of carboxylic acid groups (broad SMARTS) is 1. The highest BCUT2D eigenvalue weighted by Gasteiger charge is 2.36. The summed E-state index contributed by atoms with van der Waals surface area (Å²) in [7, 11) is 2.06. The van der Waals surface area contributed by atoms with Gasteiger partial charge in [-0.1, -0.05) is 32.0 Å². The molecule has 1 aromatic heterocycles. The molecular formula is C21H26N4O3. The van der Waals surface area contributed by atoms with Gasteiger partial charge < -0.3 is 19.8 Å². The first-order valence-corrected chi connectivity index (χ1v) is 9.59. The van der Waals surface area contributed by atoms with Crippen molar-refractivity contribution in [1.82, 2.24) is 19.3 Å². The fourth-order valence-electron chi connectivity index (χ4n) is 4.36. The van der Waals surface area contributed by atoms with Crippen molar-refractivity contribution in [3.63, 3.8) is 0 Å². The van der Waals surface area contributed by atoms with Crippen molar-refractivity contribution in [3.8, 4) is 0 Å². The maximum atomic E-state index is 13.1. The smallest absolute Gasteiger partial charge is 0.416 e. The number of fused-ring (bicyclic) bond motifs is 3. The first-order chi connectivity index (χ1) is 13.3. The van der Waals surface area contributed by atoms with E-state index in [1.165, 1.54) is 4.57 Å². The molecule has 1 fully saturated rings. The number of amides is 2. The molecular weight excluding hydrogens is 356 g/mol. The second kappa shape index (κ2) is 6.67. The van der Waals surface area contributed by atoms with E-state index in [0.29, 0.717) is 30.8 Å². The summed E-state index contributed by atoms with van der Waals surface area (Å²) in [5.74, 6) is 0. The van der Waals surface area contributed by atoms with Gasteiger partial charge in [-0.2, -0.15) is 0 Å². The first kappa shape index (κ1) is 18.6. The number of rotatable bonds is 0. The lowest BCUT2D eigenvalue weighted by molar-refractivity contribution is 0.129. The van der Waals surface area contributed by atoms with Crippen LogP contribution < -0.4 is 0 Å². The molecule has 0 radical (unpaired) electrons. The standard InChI is InChI=1S/C21H26N4O3/c1-21(2)14-24(19(26)23-12-10-22(3)11-13-23)9-8-17-18(21)15-6-4-5-7-16(15)25(17)20(27)28/h4-9H,10-14H2,1-3H3,(H,27,28). The molecule has 2 aliphatic heterocycles. The van der Waals surface area contributed by atoms with Crippen LogP contribution in [-0.2, 0) is 5.41 Å². The monoisotopic (exact) mass is 382 g/mol. The normalized spacial score (nSPS) is 19.5. The van der Waals surface area contributed by atoms with Crippen LogP contribution in [0, 0.1) is 0 Å². The number of likely N-dealkylation sites (N-methyl/N-ethyl adjacent to an activating group) is 1. The number of hydrogen-bond donors (Lipinski definition) is 1. The summed E-state index contributed by atoms with van der Waals surface area (Å²) in [5, 5.41) is 10.7. The summed E-state index contributed by atoms with van der Waals surface area (Å²) in [6.45, 7) is 7.77. The minimum absolute atomic E-state index is 0.0197. The van der Waals surface area contributed by atoms with Gasteiger partial charge >= 0.3 is 12.1 Å². The van der Waals surface area contributed by atoms with Crippen LogP contribution in [0.5, 0.6) is 0 Å². The molecule has 0 unspecified atom stereocenters. The van der Waals surface area contributed by atoms with Gasteiger partial charge in [0.1, 0.15) is 0 Å². The van der Waals surface area contributed by atoms with Crippen molar-refractivity contribution in [1.29, 1.82) is 0 Å². The molecule has 28 heavy (non-hydrogen) atoms. The Kier molecular flexibility index (Phi) is 4.42. The molecule has 7 nitrogen and oxygen atoms in total. The Morgan fingerprint density at radius 3 is 2.43 bits per heavy atom. The number of carbonyl (C=O) groups excluding carboxylic acids is 1. The van der Waals surface area contributed by atoms with Gasteiger partial charge in [0.25, 0.3) is 0 Å². The number of benzene rings is 1. The van der Waals surface area contributed by atoms with E-state index in [2.05, 4.69) is 25.8 Å². The summed E-state index contributed by atoms with van der Waals surface area (Å²) in [5.41, 5.74) is 1.88. The number of carbonyl (C=O) groups is 2. The number of hydrogen-bond acceptors (Lipinski definition) is 3. The predicted octanol–water partition coefficient (Wildman–Crippen LogP) is 3.10. The lowest BCUT2D eigenvalue weighted by atomic mass is 9.82. The molecule has 3 heterocycles. The zero-order chi connectivity index (χ0) is 20.1. The van der Waals surface area contributed by atoms with Crippen molar-refractivity contribution in [2.75, 3.05) is 39.8 Å². The van der Waals surface area contributed by atoms with Crippen molar-refractivity contribution in [3.05, 3.63) is 41.7 Å². The van der Waals surface area contributed by atoms with E-state index < -0.39 is 11.5 Å². The molecule has 1 aromatic carbocycles. The average Bonchev–Trinajstić information content (AvgIpc) is 2.93. The van der Waals surface area contributed by atoms with E-state index in [0.717, 1.165) is 24.0 Å². The summed E-state index contributed by atoms with van der Waals surface area (Å²) in [6.07, 6.45) is 2.50. The molecule has 0 aliphatic carbocycles. The first-order valence-electron chi connectivity index (χ1n) is 9.59. The van der Waals surface area contributed by atoms with Crippen LogP contribution in [-0.4, -0.2) is 76.3 Å². The zero-order valence-electron chi connectivity index (χ0n) is 16.6. The summed E-state index contributed by atoms with van der Waals surface area (Å²) in [4.78, 5) is 30.9. The number of urea groups is 1. The average molecular weight is 382 g/mol. The van der Waals surface area contributed by atoms with Crippen LogP contribution in [0.25, 0.3) is 17.0 Å². The van der Waals surface area contributed by atoms with Gasteiger partial charge in [-0.05, 0) is 24.8 Å². The van der Waals surface area contributed by atoms with Crippen molar-refractivity contribution in [2.24, 2.45) is 0 Å². The van der Waals surface area contributed by atoms with Crippen LogP contribution >= 0.6 is 0 Å². The Labute approximate surface area is 164 Å². The summed E-state index contributed by atoms with van der Waals surface area (Å²) < 4.78 is 1.33. The largest absolute Gasteiger partial charge is 0.464 e. The fraction of sp³-hybridized carbons (Fsp3) is 0.429. The highest BCUT2D eigenvalue weighted by atomic mass is 16.4. The van der Waals surface area contributed by atoms with E-state index in [9.17, 15) is 14.7 Å². The zero-order valence-corrected chi connectivity index (χ0v) is 16.6. The summed E-state index contributed by atoms with van der Waals surface area (Å²) in [6, 6.07) is 7.54. The Morgan fingerprint density at radius 2 is 1.75 bits per heavy atom. The van der Waals surface area contributed by atoms with Gasteiger partial charge in [-0.25, -0.2) is 14.2 Å². The molecule has 1 N–H and O–H groups in total. The van der Waals surface area contributed by atoms with Crippen LogP contribution in [0.1, 0.15) is 25.1 Å². The molecule has 1 saturated heterocycles. The Hall–Kier alpha value is -2.80. The minimum Gasteiger partial charge on any atom is -0.464 e. The third kappa shape index (κ3) is 2.96. The van der Waals surface area contributed by atoms with E-state index in [1.54, 1.807) is 17.2 Å². The van der Waals surface area contributed by atoms with Gasteiger partial charge in [0.05, 0.1) is 11.2 Å². The topological polar surface area (TPSA) is 69.0 Å². The maximum Gasteiger partial charge on any atom is 0.416 e. The van der Waals surface area contributed by atoms with Gasteiger partial charge in [0, 0.05) is 49.7 Å². The molecule has 0 bridgehead atoms. The fourth-order valence-corrected chi connectivity index (χ4v) is 4.36. The van der Waals surface area contributed by atoms with Gasteiger partial charge in [0.15, 0.2) is 0 Å². The quantitative estimate of drug-likeness (QED) is 0.760. The van der Waals surface area contributed by atoms with Crippen LogP contribution in [0.3, 0.4) is 0 Å². The Balaban J connectivity index is 1.76. The van der Waals surface area contributed by atoms with E-state index >= 15 is 0 Å².